The summed E-state index contributed by atoms with van der Waals surface area (Å²) in [6.07, 6.45) is 1.38. The monoisotopic (exact) mass is 284 g/mol. The van der Waals surface area contributed by atoms with Crippen LogP contribution in [0.15, 0.2) is 24.5 Å². The Labute approximate surface area is 106 Å². The van der Waals surface area contributed by atoms with Crippen molar-refractivity contribution in [3.8, 4) is 0 Å². The molecule has 0 heterocycles. The van der Waals surface area contributed by atoms with Gasteiger partial charge in [-0.05, 0) is 26.8 Å². The van der Waals surface area contributed by atoms with Gasteiger partial charge in [0.2, 0.25) is 0 Å². The molecule has 0 aliphatic carbocycles. The van der Waals surface area contributed by atoms with Gasteiger partial charge in [-0.1, -0.05) is 6.58 Å². The molecule has 0 spiro atoms. The van der Waals surface area contributed by atoms with E-state index in [0.29, 0.717) is 12.7 Å². The zero-order valence-corrected chi connectivity index (χ0v) is 11.7. The fourth-order valence-electron chi connectivity index (χ4n) is 1.07. The predicted molar refractivity (Wildman–Crippen MR) is 65.7 cm³/mol. The fraction of sp³-hybridized carbons (Fsp3) is 0.636. The minimum atomic E-state index is -4.51. The summed E-state index contributed by atoms with van der Waals surface area (Å²) in [5.74, 6) is 0.0525. The van der Waals surface area contributed by atoms with Gasteiger partial charge in [-0.15, -0.1) is 0 Å². The van der Waals surface area contributed by atoms with Crippen LogP contribution in [-0.4, -0.2) is 25.5 Å². The Morgan fingerprint density at radius 1 is 1.22 bits per heavy atom. The van der Waals surface area contributed by atoms with Crippen LogP contribution in [0.3, 0.4) is 0 Å². The third-order valence-corrected chi connectivity index (χ3v) is 3.84. The Bertz CT molecular complexity index is 332. The first-order chi connectivity index (χ1) is 8.33. The first-order valence-electron chi connectivity index (χ1n) is 5.61. The zero-order valence-electron chi connectivity index (χ0n) is 10.8. The molecule has 7 heteroatoms. The van der Waals surface area contributed by atoms with E-state index in [1.807, 2.05) is 0 Å². The molecular formula is C11H19F2O4P. The van der Waals surface area contributed by atoms with Gasteiger partial charge < -0.3 is 13.8 Å². The molecule has 0 aromatic carbocycles. The first-order valence-corrected chi connectivity index (χ1v) is 7.15. The summed E-state index contributed by atoms with van der Waals surface area (Å²) in [7, 11) is -4.51. The fourth-order valence-corrected chi connectivity index (χ4v) is 2.42. The molecule has 0 saturated heterocycles. The van der Waals surface area contributed by atoms with E-state index in [1.54, 1.807) is 6.92 Å². The first kappa shape index (κ1) is 17.3. The molecule has 0 saturated carbocycles. The molecule has 0 bridgehead atoms. The Morgan fingerprint density at radius 2 is 1.72 bits per heavy atom. The number of hydrogen-bond donors (Lipinski definition) is 0. The average molecular weight is 284 g/mol. The van der Waals surface area contributed by atoms with Crippen LogP contribution in [0.1, 0.15) is 20.8 Å². The Balaban J connectivity index is 4.95. The van der Waals surface area contributed by atoms with Crippen molar-refractivity contribution in [1.82, 2.24) is 0 Å². The summed E-state index contributed by atoms with van der Waals surface area (Å²) in [5.41, 5.74) is -3.72. The lowest BCUT2D eigenvalue weighted by molar-refractivity contribution is 0.0789. The van der Waals surface area contributed by atoms with Crippen LogP contribution in [0.4, 0.5) is 8.78 Å². The highest BCUT2D eigenvalue weighted by Crippen LogP contribution is 2.62. The maximum absolute atomic E-state index is 13.8. The van der Waals surface area contributed by atoms with Gasteiger partial charge >= 0.3 is 13.3 Å². The van der Waals surface area contributed by atoms with Crippen LogP contribution in [0.5, 0.6) is 0 Å². The SMILES string of the molecule is C=C(/C=C/C(F)(F)P(=O)(OCC)OCC)OCC. The van der Waals surface area contributed by atoms with Gasteiger partial charge in [0.15, 0.2) is 0 Å². The van der Waals surface area contributed by atoms with Gasteiger partial charge in [-0.3, -0.25) is 4.57 Å². The lowest BCUT2D eigenvalue weighted by Crippen LogP contribution is -2.17. The molecule has 4 nitrogen and oxygen atoms in total. The van der Waals surface area contributed by atoms with Crippen LogP contribution in [0.25, 0.3) is 0 Å². The van der Waals surface area contributed by atoms with Gasteiger partial charge in [0.25, 0.3) is 0 Å². The van der Waals surface area contributed by atoms with Crippen molar-refractivity contribution in [2.24, 2.45) is 0 Å². The van der Waals surface area contributed by atoms with Crippen molar-refractivity contribution in [1.29, 1.82) is 0 Å². The molecule has 0 rings (SSSR count). The van der Waals surface area contributed by atoms with Crippen LogP contribution >= 0.6 is 7.60 Å². The second-order valence-corrected chi connectivity index (χ2v) is 5.26. The van der Waals surface area contributed by atoms with Crippen molar-refractivity contribution in [2.45, 2.75) is 26.4 Å². The van der Waals surface area contributed by atoms with Crippen molar-refractivity contribution in [3.63, 3.8) is 0 Å². The molecule has 0 unspecified atom stereocenters. The molecule has 0 atom stereocenters. The van der Waals surface area contributed by atoms with Gasteiger partial charge in [-0.2, -0.15) is 8.78 Å². The van der Waals surface area contributed by atoms with E-state index in [-0.39, 0.29) is 19.0 Å². The van der Waals surface area contributed by atoms with E-state index >= 15 is 0 Å². The highest BCUT2D eigenvalue weighted by Gasteiger charge is 2.51. The summed E-state index contributed by atoms with van der Waals surface area (Å²) in [6, 6.07) is 0. The molecule has 106 valence electrons. The lowest BCUT2D eigenvalue weighted by Gasteiger charge is -2.23. The minimum absolute atomic E-state index is 0.0525. The summed E-state index contributed by atoms with van der Waals surface area (Å²) in [4.78, 5) is 0. The van der Waals surface area contributed by atoms with E-state index in [1.165, 1.54) is 13.8 Å². The summed E-state index contributed by atoms with van der Waals surface area (Å²) in [6.45, 7) is 8.08. The number of halogens is 2. The lowest BCUT2D eigenvalue weighted by atomic mass is 10.4. The van der Waals surface area contributed by atoms with E-state index in [4.69, 9.17) is 4.74 Å². The minimum Gasteiger partial charge on any atom is -0.495 e. The van der Waals surface area contributed by atoms with Crippen molar-refractivity contribution in [3.05, 3.63) is 24.5 Å². The van der Waals surface area contributed by atoms with Crippen LogP contribution in [-0.2, 0) is 18.3 Å². The highest BCUT2D eigenvalue weighted by molar-refractivity contribution is 7.55. The molecule has 0 amide bonds. The van der Waals surface area contributed by atoms with Crippen molar-refractivity contribution < 1.29 is 27.1 Å². The van der Waals surface area contributed by atoms with Crippen LogP contribution in [0.2, 0.25) is 0 Å². The summed E-state index contributed by atoms with van der Waals surface area (Å²) in [5, 5.41) is 0. The third-order valence-electron chi connectivity index (χ3n) is 1.76. The summed E-state index contributed by atoms with van der Waals surface area (Å²) < 4.78 is 53.5. The smallest absolute Gasteiger partial charge is 0.403 e. The molecule has 0 aliphatic heterocycles. The molecule has 0 aliphatic rings. The number of ether oxygens (including phenoxy) is 1. The Morgan fingerprint density at radius 3 is 2.11 bits per heavy atom. The maximum atomic E-state index is 13.8. The van der Waals surface area contributed by atoms with Gasteiger partial charge in [0.05, 0.1) is 19.8 Å². The number of rotatable bonds is 9. The highest BCUT2D eigenvalue weighted by atomic mass is 31.2. The maximum Gasteiger partial charge on any atom is 0.403 e. The molecule has 0 aromatic rings. The topological polar surface area (TPSA) is 44.8 Å². The molecule has 0 N–H and O–H groups in total. The Kier molecular flexibility index (Phi) is 7.36. The number of allylic oxidation sites excluding steroid dienone is 2. The normalized spacial score (nSPS) is 12.9. The Hall–Kier alpha value is -0.710. The molecule has 0 radical (unpaired) electrons. The van der Waals surface area contributed by atoms with E-state index in [9.17, 15) is 13.3 Å². The van der Waals surface area contributed by atoms with Crippen LogP contribution in [0, 0.1) is 0 Å². The van der Waals surface area contributed by atoms with E-state index < -0.39 is 13.3 Å². The molecule has 18 heavy (non-hydrogen) atoms. The quantitative estimate of drug-likeness (QED) is 0.365. The van der Waals surface area contributed by atoms with Crippen LogP contribution < -0.4 is 0 Å². The zero-order chi connectivity index (χ0) is 14.2. The third kappa shape index (κ3) is 4.88. The van der Waals surface area contributed by atoms with Gasteiger partial charge in [0.1, 0.15) is 5.76 Å². The van der Waals surface area contributed by atoms with E-state index in [2.05, 4.69) is 15.6 Å². The van der Waals surface area contributed by atoms with E-state index in [0.717, 1.165) is 6.08 Å². The standard InChI is InChI=1S/C11H19F2O4P/c1-5-15-10(4)8-9-11(12,13)18(14,16-6-2)17-7-3/h8-9H,4-7H2,1-3H3/b9-8+. The number of alkyl halides is 2. The predicted octanol–water partition coefficient (Wildman–Crippen LogP) is 3.95. The van der Waals surface area contributed by atoms with Gasteiger partial charge in [-0.25, -0.2) is 0 Å². The number of hydrogen-bond acceptors (Lipinski definition) is 4. The second-order valence-electron chi connectivity index (χ2n) is 3.15. The average Bonchev–Trinajstić information content (AvgIpc) is 2.27. The van der Waals surface area contributed by atoms with Crippen molar-refractivity contribution >= 4 is 7.60 Å². The molecular weight excluding hydrogens is 265 g/mol. The van der Waals surface area contributed by atoms with Crippen molar-refractivity contribution in [2.75, 3.05) is 19.8 Å². The largest absolute Gasteiger partial charge is 0.495 e. The molecule has 0 fully saturated rings. The molecule has 0 aromatic heterocycles. The second kappa shape index (κ2) is 7.67. The summed E-state index contributed by atoms with van der Waals surface area (Å²) >= 11 is 0. The van der Waals surface area contributed by atoms with Gasteiger partial charge in [0, 0.05) is 6.08 Å².